The quantitative estimate of drug-likeness (QED) is 0.647. The molecule has 2 heterocycles. The summed E-state index contributed by atoms with van der Waals surface area (Å²) in [6.07, 6.45) is 1.71. The molecule has 0 atom stereocenters. The summed E-state index contributed by atoms with van der Waals surface area (Å²) < 4.78 is 2.39. The average molecular weight is 302 g/mol. The molecule has 0 spiro atoms. The summed E-state index contributed by atoms with van der Waals surface area (Å²) in [7, 11) is 0. The Hall–Kier alpha value is -1.25. The van der Waals surface area contributed by atoms with Crippen LogP contribution in [0.4, 0.5) is 5.13 Å². The highest BCUT2D eigenvalue weighted by Crippen LogP contribution is 2.14. The number of hydrogen-bond acceptors (Lipinski definition) is 6. The van der Waals surface area contributed by atoms with Crippen molar-refractivity contribution in [2.45, 2.75) is 6.54 Å². The van der Waals surface area contributed by atoms with Crippen molar-refractivity contribution in [1.29, 1.82) is 0 Å². The van der Waals surface area contributed by atoms with Gasteiger partial charge in [-0.3, -0.25) is 10.2 Å². The molecule has 2 rings (SSSR count). The predicted octanol–water partition coefficient (Wildman–Crippen LogP) is 0.796. The van der Waals surface area contributed by atoms with Crippen LogP contribution in [0.3, 0.4) is 0 Å². The zero-order valence-electron chi connectivity index (χ0n) is 8.05. The van der Waals surface area contributed by atoms with E-state index in [9.17, 15) is 4.79 Å². The SMILES string of the molecule is NNc1nnc(Cn2cc(Br)ccc2=O)s1. The Morgan fingerprint density at radius 1 is 1.50 bits per heavy atom. The van der Waals surface area contributed by atoms with Crippen LogP contribution in [0.2, 0.25) is 0 Å². The van der Waals surface area contributed by atoms with E-state index >= 15 is 0 Å². The number of nitrogens with two attached hydrogens (primary N) is 1. The lowest BCUT2D eigenvalue weighted by molar-refractivity contribution is 0.741. The molecule has 0 saturated carbocycles. The Bertz CT molecular complexity index is 551. The molecule has 0 radical (unpaired) electrons. The fraction of sp³-hybridized carbons (Fsp3) is 0.125. The van der Waals surface area contributed by atoms with Gasteiger partial charge in [0.05, 0.1) is 6.54 Å². The lowest BCUT2D eigenvalue weighted by atomic mass is 10.4. The predicted molar refractivity (Wildman–Crippen MR) is 65.2 cm³/mol. The van der Waals surface area contributed by atoms with E-state index in [-0.39, 0.29) is 5.56 Å². The van der Waals surface area contributed by atoms with Gasteiger partial charge in [-0.05, 0) is 22.0 Å². The molecule has 0 aromatic carbocycles. The van der Waals surface area contributed by atoms with Gasteiger partial charge in [0.25, 0.3) is 5.56 Å². The first-order valence-electron chi connectivity index (χ1n) is 4.34. The van der Waals surface area contributed by atoms with Crippen LogP contribution in [0.5, 0.6) is 0 Å². The van der Waals surface area contributed by atoms with E-state index in [1.165, 1.54) is 17.4 Å². The maximum atomic E-state index is 11.5. The molecular weight excluding hydrogens is 294 g/mol. The first-order chi connectivity index (χ1) is 7.69. The Labute approximate surface area is 103 Å². The van der Waals surface area contributed by atoms with Crippen molar-refractivity contribution >= 4 is 32.4 Å². The maximum absolute atomic E-state index is 11.5. The van der Waals surface area contributed by atoms with Crippen molar-refractivity contribution < 1.29 is 0 Å². The van der Waals surface area contributed by atoms with Crippen molar-refractivity contribution in [1.82, 2.24) is 14.8 Å². The number of pyridine rings is 1. The van der Waals surface area contributed by atoms with Gasteiger partial charge in [0.15, 0.2) is 0 Å². The van der Waals surface area contributed by atoms with Crippen LogP contribution in [0.15, 0.2) is 27.6 Å². The first kappa shape index (κ1) is 11.2. The van der Waals surface area contributed by atoms with E-state index in [1.54, 1.807) is 16.8 Å². The minimum absolute atomic E-state index is 0.0827. The van der Waals surface area contributed by atoms with E-state index in [4.69, 9.17) is 5.84 Å². The minimum atomic E-state index is -0.0827. The standard InChI is InChI=1S/C8H8BrN5OS/c9-5-1-2-7(15)14(3-5)4-6-12-13-8(11-10)16-6/h1-3H,4,10H2,(H,11,13). The molecule has 0 aliphatic carbocycles. The van der Waals surface area contributed by atoms with Crippen LogP contribution < -0.4 is 16.8 Å². The Morgan fingerprint density at radius 3 is 3.00 bits per heavy atom. The molecule has 16 heavy (non-hydrogen) atoms. The number of hydrazine groups is 1. The molecule has 0 fully saturated rings. The summed E-state index contributed by atoms with van der Waals surface area (Å²) in [4.78, 5) is 11.5. The van der Waals surface area contributed by atoms with Crippen molar-refractivity contribution in [3.05, 3.63) is 38.2 Å². The molecule has 0 bridgehead atoms. The van der Waals surface area contributed by atoms with Crippen LogP contribution in [0.1, 0.15) is 5.01 Å². The molecular formula is C8H8BrN5OS. The monoisotopic (exact) mass is 301 g/mol. The molecule has 84 valence electrons. The highest BCUT2D eigenvalue weighted by molar-refractivity contribution is 9.10. The van der Waals surface area contributed by atoms with Crippen LogP contribution in [0.25, 0.3) is 0 Å². The number of nitrogens with one attached hydrogen (secondary N) is 1. The minimum Gasteiger partial charge on any atom is -0.307 e. The summed E-state index contributed by atoms with van der Waals surface area (Å²) in [5.74, 6) is 5.19. The van der Waals surface area contributed by atoms with E-state index in [1.807, 2.05) is 0 Å². The van der Waals surface area contributed by atoms with Crippen molar-refractivity contribution in [3.8, 4) is 0 Å². The zero-order chi connectivity index (χ0) is 11.5. The summed E-state index contributed by atoms with van der Waals surface area (Å²) in [5.41, 5.74) is 2.32. The van der Waals surface area contributed by atoms with Crippen LogP contribution in [-0.4, -0.2) is 14.8 Å². The second-order valence-electron chi connectivity index (χ2n) is 2.96. The second kappa shape index (κ2) is 4.73. The molecule has 2 aromatic heterocycles. The number of nitrogen functional groups attached to an aromatic ring is 1. The number of hydrogen-bond donors (Lipinski definition) is 2. The van der Waals surface area contributed by atoms with Gasteiger partial charge in [0, 0.05) is 16.7 Å². The van der Waals surface area contributed by atoms with Crippen molar-refractivity contribution in [2.24, 2.45) is 5.84 Å². The van der Waals surface area contributed by atoms with E-state index < -0.39 is 0 Å². The molecule has 0 amide bonds. The molecule has 0 unspecified atom stereocenters. The zero-order valence-corrected chi connectivity index (χ0v) is 10.5. The number of aromatic nitrogens is 3. The lowest BCUT2D eigenvalue weighted by Gasteiger charge is -2.01. The third-order valence-corrected chi connectivity index (χ3v) is 3.15. The van der Waals surface area contributed by atoms with Gasteiger partial charge < -0.3 is 4.57 Å². The summed E-state index contributed by atoms with van der Waals surface area (Å²) in [6.45, 7) is 0.387. The Morgan fingerprint density at radius 2 is 2.31 bits per heavy atom. The van der Waals surface area contributed by atoms with Gasteiger partial charge in [-0.2, -0.15) is 0 Å². The molecule has 8 heteroatoms. The maximum Gasteiger partial charge on any atom is 0.250 e. The third kappa shape index (κ3) is 2.46. The van der Waals surface area contributed by atoms with E-state index in [0.717, 1.165) is 4.47 Å². The fourth-order valence-electron chi connectivity index (χ4n) is 1.15. The molecule has 6 nitrogen and oxygen atoms in total. The number of rotatable bonds is 3. The molecule has 0 aliphatic heterocycles. The van der Waals surface area contributed by atoms with Crippen molar-refractivity contribution in [2.75, 3.05) is 5.43 Å². The smallest absolute Gasteiger partial charge is 0.250 e. The van der Waals surface area contributed by atoms with Gasteiger partial charge >= 0.3 is 0 Å². The average Bonchev–Trinajstić information content (AvgIpc) is 2.71. The summed E-state index contributed by atoms with van der Waals surface area (Å²) in [5, 5.41) is 8.93. The third-order valence-electron chi connectivity index (χ3n) is 1.84. The number of anilines is 1. The van der Waals surface area contributed by atoms with Crippen LogP contribution >= 0.6 is 27.3 Å². The molecule has 0 saturated heterocycles. The highest BCUT2D eigenvalue weighted by Gasteiger charge is 2.04. The van der Waals surface area contributed by atoms with Crippen molar-refractivity contribution in [3.63, 3.8) is 0 Å². The van der Waals surface area contributed by atoms with Gasteiger partial charge in [-0.1, -0.05) is 11.3 Å². The highest BCUT2D eigenvalue weighted by atomic mass is 79.9. The topological polar surface area (TPSA) is 85.8 Å². The Kier molecular flexibility index (Phi) is 3.32. The Balaban J connectivity index is 2.26. The number of nitrogens with zero attached hydrogens (tertiary/aromatic N) is 3. The fourth-order valence-corrected chi connectivity index (χ4v) is 2.18. The normalized spacial score (nSPS) is 10.4. The largest absolute Gasteiger partial charge is 0.307 e. The van der Waals surface area contributed by atoms with Gasteiger partial charge in [-0.15, -0.1) is 10.2 Å². The van der Waals surface area contributed by atoms with Crippen LogP contribution in [-0.2, 0) is 6.54 Å². The summed E-state index contributed by atoms with van der Waals surface area (Å²) >= 11 is 4.61. The molecule has 2 aromatic rings. The van der Waals surface area contributed by atoms with Gasteiger partial charge in [0.2, 0.25) is 5.13 Å². The van der Waals surface area contributed by atoms with E-state index in [2.05, 4.69) is 31.6 Å². The van der Waals surface area contributed by atoms with Gasteiger partial charge in [-0.25, -0.2) is 5.84 Å². The first-order valence-corrected chi connectivity index (χ1v) is 5.95. The number of halogens is 1. The summed E-state index contributed by atoms with van der Waals surface area (Å²) in [6, 6.07) is 3.19. The molecule has 3 N–H and O–H groups in total. The molecule has 0 aliphatic rings. The second-order valence-corrected chi connectivity index (χ2v) is 4.94. The van der Waals surface area contributed by atoms with E-state index in [0.29, 0.717) is 16.7 Å². The van der Waals surface area contributed by atoms with Crippen LogP contribution in [0, 0.1) is 0 Å². The van der Waals surface area contributed by atoms with Gasteiger partial charge in [0.1, 0.15) is 5.01 Å². The lowest BCUT2D eigenvalue weighted by Crippen LogP contribution is -2.18.